The van der Waals surface area contributed by atoms with Crippen LogP contribution in [-0.2, 0) is 0 Å². The molecule has 18 heavy (non-hydrogen) atoms. The molecule has 4 heteroatoms. The molecule has 1 heterocycles. The van der Waals surface area contributed by atoms with E-state index in [9.17, 15) is 4.79 Å². The lowest BCUT2D eigenvalue weighted by atomic mass is 10.2. The van der Waals surface area contributed by atoms with E-state index >= 15 is 0 Å². The smallest absolute Gasteiger partial charge is 0.207 e. The van der Waals surface area contributed by atoms with Crippen LogP contribution in [0.3, 0.4) is 0 Å². The molecule has 0 aliphatic rings. The molecule has 0 saturated carbocycles. The minimum atomic E-state index is 0.00203. The minimum absolute atomic E-state index is 0.00203. The number of benzene rings is 1. The van der Waals surface area contributed by atoms with Gasteiger partial charge in [0.2, 0.25) is 5.78 Å². The molecule has 96 valence electrons. The van der Waals surface area contributed by atoms with Crippen molar-refractivity contribution in [3.05, 3.63) is 35.0 Å². The molecule has 2 nitrogen and oxygen atoms in total. The molecule has 0 unspecified atom stereocenters. The second kappa shape index (κ2) is 4.98. The molecule has 0 bridgehead atoms. The molecule has 2 rings (SSSR count). The maximum Gasteiger partial charge on any atom is 0.207 e. The van der Waals surface area contributed by atoms with Crippen LogP contribution in [0.2, 0.25) is 5.02 Å². The van der Waals surface area contributed by atoms with Gasteiger partial charge in [0.1, 0.15) is 0 Å². The molecule has 0 spiro atoms. The van der Waals surface area contributed by atoms with Crippen molar-refractivity contribution in [3.63, 3.8) is 0 Å². The summed E-state index contributed by atoms with van der Waals surface area (Å²) in [7, 11) is 0. The van der Waals surface area contributed by atoms with Crippen LogP contribution in [0.5, 0.6) is 0 Å². The minimum Gasteiger partial charge on any atom is -0.451 e. The molecule has 1 aromatic carbocycles. The summed E-state index contributed by atoms with van der Waals surface area (Å²) < 4.78 is 5.60. The Morgan fingerprint density at radius 1 is 1.39 bits per heavy atom. The maximum atomic E-state index is 12.0. The summed E-state index contributed by atoms with van der Waals surface area (Å²) in [6.45, 7) is 6.25. The van der Waals surface area contributed by atoms with Gasteiger partial charge in [0.05, 0.1) is 10.8 Å². The molecular formula is C14H15ClO2S. The fraction of sp³-hybridized carbons (Fsp3) is 0.357. The predicted molar refractivity (Wildman–Crippen MR) is 77.8 cm³/mol. The summed E-state index contributed by atoms with van der Waals surface area (Å²) in [4.78, 5) is 12.0. The number of Topliss-reactive ketones (excluding diaryl/α,β-unsaturated/α-hetero) is 1. The highest BCUT2D eigenvalue weighted by molar-refractivity contribution is 8.01. The quantitative estimate of drug-likeness (QED) is 0.758. The van der Waals surface area contributed by atoms with Gasteiger partial charge in [-0.15, -0.1) is 11.8 Å². The van der Waals surface area contributed by atoms with Crippen LogP contribution in [0.1, 0.15) is 31.3 Å². The third kappa shape index (κ3) is 3.09. The summed E-state index contributed by atoms with van der Waals surface area (Å²) >= 11 is 7.62. The SMILES string of the molecule is CC(C)(C)SCC(=O)c1cc2cccc(Cl)c2o1. The summed E-state index contributed by atoms with van der Waals surface area (Å²) in [5.74, 6) is 0.804. The number of carbonyl (C=O) groups excluding carboxylic acids is 1. The van der Waals surface area contributed by atoms with Gasteiger partial charge >= 0.3 is 0 Å². The summed E-state index contributed by atoms with van der Waals surface area (Å²) in [6, 6.07) is 7.25. The van der Waals surface area contributed by atoms with E-state index in [1.807, 2.05) is 12.1 Å². The lowest BCUT2D eigenvalue weighted by Crippen LogP contribution is -2.12. The number of thioether (sulfide) groups is 1. The van der Waals surface area contributed by atoms with Crippen LogP contribution in [0.15, 0.2) is 28.7 Å². The van der Waals surface area contributed by atoms with Gasteiger partial charge in [-0.3, -0.25) is 4.79 Å². The average Bonchev–Trinajstić information content (AvgIpc) is 2.70. The largest absolute Gasteiger partial charge is 0.451 e. The molecule has 0 amide bonds. The van der Waals surface area contributed by atoms with E-state index in [-0.39, 0.29) is 10.5 Å². The highest BCUT2D eigenvalue weighted by Crippen LogP contribution is 2.29. The average molecular weight is 283 g/mol. The summed E-state index contributed by atoms with van der Waals surface area (Å²) in [5.41, 5.74) is 0.586. The number of ketones is 1. The van der Waals surface area contributed by atoms with E-state index in [2.05, 4.69) is 20.8 Å². The van der Waals surface area contributed by atoms with Crippen molar-refractivity contribution in [2.45, 2.75) is 25.5 Å². The normalized spacial score (nSPS) is 12.0. The van der Waals surface area contributed by atoms with Gasteiger partial charge in [0.25, 0.3) is 0 Å². The molecule has 0 aliphatic carbocycles. The summed E-state index contributed by atoms with van der Waals surface area (Å²) in [6.07, 6.45) is 0. The van der Waals surface area contributed by atoms with Gasteiger partial charge in [-0.05, 0) is 12.1 Å². The van der Waals surface area contributed by atoms with E-state index in [0.29, 0.717) is 22.1 Å². The molecule has 1 aromatic heterocycles. The topological polar surface area (TPSA) is 30.2 Å². The highest BCUT2D eigenvalue weighted by Gasteiger charge is 2.18. The zero-order valence-electron chi connectivity index (χ0n) is 10.6. The van der Waals surface area contributed by atoms with Crippen molar-refractivity contribution >= 4 is 40.1 Å². The lowest BCUT2D eigenvalue weighted by Gasteiger charge is -2.16. The number of hydrogen-bond donors (Lipinski definition) is 0. The van der Waals surface area contributed by atoms with Gasteiger partial charge in [0, 0.05) is 10.1 Å². The number of furan rings is 1. The Balaban J connectivity index is 2.21. The van der Waals surface area contributed by atoms with Gasteiger partial charge < -0.3 is 4.42 Å². The van der Waals surface area contributed by atoms with Gasteiger partial charge in [-0.2, -0.15) is 0 Å². The monoisotopic (exact) mass is 282 g/mol. The summed E-state index contributed by atoms with van der Waals surface area (Å²) in [5, 5.41) is 1.40. The molecule has 0 aliphatic heterocycles. The van der Waals surface area contributed by atoms with E-state index < -0.39 is 0 Å². The number of hydrogen-bond acceptors (Lipinski definition) is 3. The highest BCUT2D eigenvalue weighted by atomic mass is 35.5. The van der Waals surface area contributed by atoms with E-state index in [4.69, 9.17) is 16.0 Å². The van der Waals surface area contributed by atoms with E-state index in [0.717, 1.165) is 5.39 Å². The number of fused-ring (bicyclic) bond motifs is 1. The van der Waals surface area contributed by atoms with Gasteiger partial charge in [0.15, 0.2) is 11.3 Å². The Kier molecular flexibility index (Phi) is 3.74. The fourth-order valence-corrected chi connectivity index (χ4v) is 2.44. The fourth-order valence-electron chi connectivity index (χ4n) is 1.52. The first-order valence-electron chi connectivity index (χ1n) is 5.72. The first kappa shape index (κ1) is 13.5. The zero-order valence-corrected chi connectivity index (χ0v) is 12.2. The molecule has 0 atom stereocenters. The van der Waals surface area contributed by atoms with E-state index in [1.165, 1.54) is 0 Å². The predicted octanol–water partition coefficient (Wildman–Crippen LogP) is 4.80. The Hall–Kier alpha value is -0.930. The number of carbonyl (C=O) groups is 1. The second-order valence-corrected chi connectivity index (χ2v) is 7.30. The third-order valence-electron chi connectivity index (χ3n) is 2.41. The van der Waals surface area contributed by atoms with Crippen LogP contribution in [0.4, 0.5) is 0 Å². The first-order valence-corrected chi connectivity index (χ1v) is 7.08. The Bertz CT molecular complexity index is 581. The Labute approximate surface area is 116 Å². The molecule has 0 saturated heterocycles. The van der Waals surface area contributed by atoms with Crippen LogP contribution in [0.25, 0.3) is 11.0 Å². The van der Waals surface area contributed by atoms with Gasteiger partial charge in [-0.1, -0.05) is 44.5 Å². The molecule has 0 radical (unpaired) electrons. The standard InChI is InChI=1S/C14H15ClO2S/c1-14(2,3)18-8-11(16)12-7-9-5-4-6-10(15)13(9)17-12/h4-7H,8H2,1-3H3. The maximum absolute atomic E-state index is 12.0. The molecule has 0 N–H and O–H groups in total. The third-order valence-corrected chi connectivity index (χ3v) is 3.98. The van der Waals surface area contributed by atoms with Crippen molar-refractivity contribution in [3.8, 4) is 0 Å². The van der Waals surface area contributed by atoms with E-state index in [1.54, 1.807) is 23.9 Å². The van der Waals surface area contributed by atoms with Crippen molar-refractivity contribution in [2.75, 3.05) is 5.75 Å². The number of para-hydroxylation sites is 1. The molecule has 2 aromatic rings. The Morgan fingerprint density at radius 3 is 2.72 bits per heavy atom. The zero-order chi connectivity index (χ0) is 13.3. The lowest BCUT2D eigenvalue weighted by molar-refractivity contribution is 0.0994. The number of halogens is 1. The van der Waals surface area contributed by atoms with Crippen molar-refractivity contribution < 1.29 is 9.21 Å². The van der Waals surface area contributed by atoms with Crippen molar-refractivity contribution in [1.82, 2.24) is 0 Å². The first-order chi connectivity index (χ1) is 8.37. The van der Waals surface area contributed by atoms with Crippen molar-refractivity contribution in [2.24, 2.45) is 0 Å². The van der Waals surface area contributed by atoms with Crippen LogP contribution >= 0.6 is 23.4 Å². The molecule has 0 fully saturated rings. The van der Waals surface area contributed by atoms with Crippen LogP contribution in [0, 0.1) is 0 Å². The van der Waals surface area contributed by atoms with Crippen molar-refractivity contribution in [1.29, 1.82) is 0 Å². The van der Waals surface area contributed by atoms with Crippen LogP contribution < -0.4 is 0 Å². The Morgan fingerprint density at radius 2 is 2.11 bits per heavy atom. The van der Waals surface area contributed by atoms with Gasteiger partial charge in [-0.25, -0.2) is 0 Å². The number of rotatable bonds is 3. The second-order valence-electron chi connectivity index (χ2n) is 5.09. The molecular weight excluding hydrogens is 268 g/mol. The van der Waals surface area contributed by atoms with Crippen LogP contribution in [-0.4, -0.2) is 16.3 Å².